The third-order valence-corrected chi connectivity index (χ3v) is 10.1. The van der Waals surface area contributed by atoms with Crippen molar-refractivity contribution >= 4 is 35.2 Å². The number of aromatic nitrogens is 2. The van der Waals surface area contributed by atoms with Gasteiger partial charge in [-0.25, -0.2) is 4.39 Å². The summed E-state index contributed by atoms with van der Waals surface area (Å²) in [7, 11) is -1.34. The van der Waals surface area contributed by atoms with Gasteiger partial charge in [0, 0.05) is 42.0 Å². The Morgan fingerprint density at radius 3 is 2.26 bits per heavy atom. The summed E-state index contributed by atoms with van der Waals surface area (Å²) >= 11 is 0. The van der Waals surface area contributed by atoms with Gasteiger partial charge in [-0.1, -0.05) is 99.3 Å². The number of hydrogen-bond acceptors (Lipinski definition) is 3. The molecule has 0 atom stereocenters. The Morgan fingerprint density at radius 2 is 1.60 bits per heavy atom. The van der Waals surface area contributed by atoms with Crippen LogP contribution in [0.2, 0.25) is 19.6 Å². The van der Waals surface area contributed by atoms with Gasteiger partial charge in [-0.3, -0.25) is 0 Å². The van der Waals surface area contributed by atoms with Crippen LogP contribution in [0.4, 0.5) is 4.39 Å². The van der Waals surface area contributed by atoms with Gasteiger partial charge in [0.05, 0.1) is 13.7 Å². The first-order chi connectivity index (χ1) is 23.3. The van der Waals surface area contributed by atoms with Crippen LogP contribution in [0.15, 0.2) is 114 Å². The van der Waals surface area contributed by atoms with Crippen LogP contribution in [0.3, 0.4) is 0 Å². The molecule has 0 fully saturated rings. The molecule has 47 heavy (non-hydrogen) atoms. The van der Waals surface area contributed by atoms with Crippen molar-refractivity contribution in [2.75, 3.05) is 0 Å². The molecule has 7 aromatic rings. The predicted octanol–water partition coefficient (Wildman–Crippen LogP) is 10.8. The summed E-state index contributed by atoms with van der Waals surface area (Å²) < 4.78 is 41.6. The van der Waals surface area contributed by atoms with Crippen molar-refractivity contribution in [1.82, 2.24) is 9.97 Å². The summed E-state index contributed by atoms with van der Waals surface area (Å²) in [6.45, 7) is 9.09. The number of halogens is 1. The second kappa shape index (κ2) is 14.3. The van der Waals surface area contributed by atoms with E-state index in [4.69, 9.17) is 8.53 Å². The molecule has 3 heterocycles. The van der Waals surface area contributed by atoms with Gasteiger partial charge < -0.3 is 14.4 Å². The van der Waals surface area contributed by atoms with Crippen LogP contribution in [-0.2, 0) is 20.1 Å². The predicted molar refractivity (Wildman–Crippen MR) is 191 cm³/mol. The second-order valence-electron chi connectivity index (χ2n) is 12.7. The maximum Gasteiger partial charge on any atom is 0.123 e. The quantitative estimate of drug-likeness (QED) is 0.128. The number of hydrogen-bond donors (Lipinski definition) is 0. The van der Waals surface area contributed by atoms with Crippen LogP contribution in [0.1, 0.15) is 35.0 Å². The molecule has 0 amide bonds. The zero-order valence-corrected chi connectivity index (χ0v) is 30.4. The third-order valence-electron chi connectivity index (χ3n) is 8.04. The zero-order chi connectivity index (χ0) is 34.9. The molecule has 0 unspecified atom stereocenters. The van der Waals surface area contributed by atoms with Crippen molar-refractivity contribution in [1.29, 1.82) is 0 Å². The van der Waals surface area contributed by atoms with Gasteiger partial charge in [0.15, 0.2) is 0 Å². The maximum atomic E-state index is 13.3. The van der Waals surface area contributed by atoms with Crippen molar-refractivity contribution in [2.45, 2.75) is 46.3 Å². The first-order valence-corrected chi connectivity index (χ1v) is 18.9. The number of pyridine rings is 2. The fraction of sp³-hybridized carbons (Fsp3) is 0.171. The molecule has 0 spiro atoms. The molecular formula is C41H37FIrN2OSi-2. The molecule has 6 heteroatoms. The Balaban J connectivity index is 0.000000204. The minimum atomic E-state index is -2.08. The van der Waals surface area contributed by atoms with Gasteiger partial charge in [-0.15, -0.1) is 53.6 Å². The van der Waals surface area contributed by atoms with Crippen molar-refractivity contribution < 1.29 is 33.0 Å². The fourth-order valence-electron chi connectivity index (χ4n) is 5.28. The fourth-order valence-corrected chi connectivity index (χ4v) is 6.31. The van der Waals surface area contributed by atoms with Crippen molar-refractivity contribution in [3.8, 4) is 33.6 Å². The molecule has 239 valence electrons. The average Bonchev–Trinajstić information content (AvgIpc) is 3.46. The molecule has 0 N–H and O–H groups in total. The molecule has 3 nitrogen and oxygen atoms in total. The third kappa shape index (κ3) is 7.68. The smallest absolute Gasteiger partial charge is 0.123 e. The molecular weight excluding hydrogens is 776 g/mol. The standard InChI is InChI=1S/C26H19FNO.C15H18NSi.Ir/c1-16(2)18-12-13-28-24(14-18)23-5-3-4-22-21-11-8-19(15-25(21)29-26(22)23)17-6-9-20(27)10-7-17;1-12-5-7-13(8-6-12)15-10-9-14(11-16-15)17(2,3)4;/h3-4,6-16H,1-2H3;5-7,9-11H,1-4H3;/q2*-1;/i;1D3;. The van der Waals surface area contributed by atoms with Crippen LogP contribution in [0.5, 0.6) is 0 Å². The summed E-state index contributed by atoms with van der Waals surface area (Å²) in [5.74, 6) is 0.180. The first kappa shape index (κ1) is 30.1. The number of nitrogens with zero attached hydrogens (tertiary/aromatic N) is 2. The van der Waals surface area contributed by atoms with E-state index >= 15 is 0 Å². The van der Waals surface area contributed by atoms with Crippen molar-refractivity contribution in [2.24, 2.45) is 0 Å². The van der Waals surface area contributed by atoms with Crippen LogP contribution in [0.25, 0.3) is 55.6 Å². The van der Waals surface area contributed by atoms with Gasteiger partial charge in [-0.2, -0.15) is 0 Å². The van der Waals surface area contributed by atoms with E-state index in [-0.39, 0.29) is 25.9 Å². The largest absolute Gasteiger partial charge is 0.501 e. The molecule has 0 saturated heterocycles. The maximum absolute atomic E-state index is 13.3. The Morgan fingerprint density at radius 1 is 0.809 bits per heavy atom. The van der Waals surface area contributed by atoms with E-state index in [9.17, 15) is 4.39 Å². The van der Waals surface area contributed by atoms with E-state index in [0.717, 1.165) is 55.6 Å². The summed E-state index contributed by atoms with van der Waals surface area (Å²) in [4.78, 5) is 9.03. The minimum absolute atomic E-state index is 0. The monoisotopic (exact) mass is 816 g/mol. The molecule has 0 aliphatic carbocycles. The normalized spacial score (nSPS) is 12.5. The molecule has 0 bridgehead atoms. The Kier molecular flexibility index (Phi) is 9.15. The molecule has 3 aromatic heterocycles. The molecule has 0 saturated carbocycles. The molecule has 4 aromatic carbocycles. The molecule has 0 aliphatic rings. The molecule has 7 rings (SSSR count). The summed E-state index contributed by atoms with van der Waals surface area (Å²) in [5.41, 5.74) is 8.42. The number of fused-ring (bicyclic) bond motifs is 3. The van der Waals surface area contributed by atoms with Gasteiger partial charge >= 0.3 is 0 Å². The molecule has 1 radical (unpaired) electrons. The van der Waals surface area contributed by atoms with Gasteiger partial charge in [0.25, 0.3) is 0 Å². The number of furan rings is 1. The summed E-state index contributed by atoms with van der Waals surface area (Å²) in [6, 6.07) is 36.0. The topological polar surface area (TPSA) is 38.9 Å². The van der Waals surface area contributed by atoms with Gasteiger partial charge in [0.2, 0.25) is 0 Å². The SMILES string of the molecule is CC(C)c1ccnc(-c2[c-]ccc3c2oc2cc(-c4ccc(F)cc4)ccc23)c1.[2H]C([2H])([2H])c1c[c-]c(-c2ccc([Si](C)(C)C)cn2)cc1.[Ir]. The van der Waals surface area contributed by atoms with Crippen LogP contribution >= 0.6 is 0 Å². The second-order valence-corrected chi connectivity index (χ2v) is 17.8. The van der Waals surface area contributed by atoms with E-state index in [1.807, 2.05) is 48.8 Å². The van der Waals surface area contributed by atoms with Crippen LogP contribution in [-0.4, -0.2) is 18.0 Å². The Bertz CT molecular complexity index is 2170. The zero-order valence-electron chi connectivity index (χ0n) is 30.0. The van der Waals surface area contributed by atoms with E-state index in [2.05, 4.69) is 73.8 Å². The van der Waals surface area contributed by atoms with E-state index < -0.39 is 14.9 Å². The van der Waals surface area contributed by atoms with E-state index in [0.29, 0.717) is 11.5 Å². The van der Waals surface area contributed by atoms with Crippen molar-refractivity contribution in [3.05, 3.63) is 139 Å². The number of rotatable bonds is 5. The minimum Gasteiger partial charge on any atom is -0.501 e. The van der Waals surface area contributed by atoms with Gasteiger partial charge in [-0.05, 0) is 57.9 Å². The summed E-state index contributed by atoms with van der Waals surface area (Å²) in [6.07, 6.45) is 3.76. The van der Waals surface area contributed by atoms with E-state index in [1.54, 1.807) is 24.3 Å². The Hall–Kier alpha value is -4.22. The van der Waals surface area contributed by atoms with Crippen LogP contribution < -0.4 is 5.19 Å². The van der Waals surface area contributed by atoms with Crippen LogP contribution in [0, 0.1) is 24.8 Å². The number of aryl methyl sites for hydroxylation is 1. The van der Waals surface area contributed by atoms with Crippen molar-refractivity contribution in [3.63, 3.8) is 0 Å². The van der Waals surface area contributed by atoms with E-state index in [1.165, 1.54) is 28.9 Å². The summed E-state index contributed by atoms with van der Waals surface area (Å²) in [5, 5.41) is 3.39. The first-order valence-electron chi connectivity index (χ1n) is 16.9. The van der Waals surface area contributed by atoms with Gasteiger partial charge in [0.1, 0.15) is 11.4 Å². The number of benzene rings is 4. The Labute approximate surface area is 295 Å². The molecule has 0 aliphatic heterocycles. The average molecular weight is 816 g/mol.